The van der Waals surface area contributed by atoms with Gasteiger partial charge in [-0.1, -0.05) is 67.6 Å². The Kier molecular flexibility index (Phi) is 5.72. The van der Waals surface area contributed by atoms with Crippen LogP contribution in [0.4, 0.5) is 0 Å². The summed E-state index contributed by atoms with van der Waals surface area (Å²) in [6.45, 7) is 2.31. The maximum Gasteiger partial charge on any atom is 0.309 e. The van der Waals surface area contributed by atoms with Gasteiger partial charge in [0.05, 0.1) is 6.04 Å². The zero-order chi connectivity index (χ0) is 15.8. The molecule has 0 bridgehead atoms. The number of rotatable bonds is 5. The molecule has 0 spiro atoms. The third-order valence-corrected chi connectivity index (χ3v) is 3.42. The number of hydrogen-bond acceptors (Lipinski definition) is 2. The molecule has 0 aliphatic heterocycles. The summed E-state index contributed by atoms with van der Waals surface area (Å²) in [5.74, 6) is -1.22. The molecule has 0 radical (unpaired) electrons. The number of hydrogen-bond donors (Lipinski definition) is 2. The van der Waals surface area contributed by atoms with Crippen LogP contribution >= 0.6 is 0 Å². The van der Waals surface area contributed by atoms with Crippen LogP contribution in [-0.2, 0) is 16.1 Å². The molecule has 0 heterocycles. The first-order valence-electron chi connectivity index (χ1n) is 7.38. The van der Waals surface area contributed by atoms with Crippen molar-refractivity contribution in [2.75, 3.05) is 0 Å². The van der Waals surface area contributed by atoms with Crippen molar-refractivity contribution in [3.63, 3.8) is 0 Å². The quantitative estimate of drug-likeness (QED) is 0.833. The second-order valence-electron chi connectivity index (χ2n) is 5.01. The SMILES string of the molecule is CC[C@H](NC(=O)C(=O)NCc1ccccc1)c1ccccc1. The third kappa shape index (κ3) is 4.45. The van der Waals surface area contributed by atoms with Gasteiger partial charge in [-0.25, -0.2) is 0 Å². The molecule has 4 nitrogen and oxygen atoms in total. The summed E-state index contributed by atoms with van der Waals surface area (Å²) in [5.41, 5.74) is 1.95. The van der Waals surface area contributed by atoms with Crippen LogP contribution in [0.5, 0.6) is 0 Å². The fourth-order valence-electron chi connectivity index (χ4n) is 2.19. The lowest BCUT2D eigenvalue weighted by Gasteiger charge is -2.17. The summed E-state index contributed by atoms with van der Waals surface area (Å²) in [6.07, 6.45) is 0.724. The van der Waals surface area contributed by atoms with E-state index in [2.05, 4.69) is 10.6 Å². The number of carbonyl (C=O) groups is 2. The Bertz CT molecular complexity index is 611. The molecule has 2 aromatic carbocycles. The summed E-state index contributed by atoms with van der Waals surface area (Å²) in [5, 5.41) is 5.40. The Labute approximate surface area is 130 Å². The molecule has 2 aromatic rings. The van der Waals surface area contributed by atoms with Crippen molar-refractivity contribution < 1.29 is 9.59 Å². The fourth-order valence-corrected chi connectivity index (χ4v) is 2.19. The van der Waals surface area contributed by atoms with Crippen molar-refractivity contribution in [3.05, 3.63) is 71.8 Å². The molecule has 0 aromatic heterocycles. The van der Waals surface area contributed by atoms with Crippen LogP contribution in [0.2, 0.25) is 0 Å². The van der Waals surface area contributed by atoms with E-state index in [0.717, 1.165) is 17.5 Å². The Hall–Kier alpha value is -2.62. The van der Waals surface area contributed by atoms with Crippen molar-refractivity contribution in [3.8, 4) is 0 Å². The minimum Gasteiger partial charge on any atom is -0.344 e. The number of carbonyl (C=O) groups excluding carboxylic acids is 2. The summed E-state index contributed by atoms with van der Waals surface area (Å²) >= 11 is 0. The zero-order valence-corrected chi connectivity index (χ0v) is 12.6. The maximum absolute atomic E-state index is 12.0. The molecular weight excluding hydrogens is 276 g/mol. The fraction of sp³-hybridized carbons (Fsp3) is 0.222. The predicted octanol–water partition coefficient (Wildman–Crippen LogP) is 2.57. The minimum atomic E-state index is -0.613. The Balaban J connectivity index is 1.89. The van der Waals surface area contributed by atoms with Crippen LogP contribution in [0, 0.1) is 0 Å². The van der Waals surface area contributed by atoms with E-state index in [1.807, 2.05) is 67.6 Å². The molecule has 1 atom stereocenters. The second kappa shape index (κ2) is 7.98. The van der Waals surface area contributed by atoms with Crippen LogP contribution in [-0.4, -0.2) is 11.8 Å². The van der Waals surface area contributed by atoms with Crippen molar-refractivity contribution in [2.45, 2.75) is 25.9 Å². The van der Waals surface area contributed by atoms with E-state index in [4.69, 9.17) is 0 Å². The number of amides is 2. The smallest absolute Gasteiger partial charge is 0.309 e. The molecule has 0 aliphatic rings. The molecule has 0 saturated carbocycles. The van der Waals surface area contributed by atoms with Crippen molar-refractivity contribution >= 4 is 11.8 Å². The average molecular weight is 296 g/mol. The van der Waals surface area contributed by atoms with Gasteiger partial charge in [0.15, 0.2) is 0 Å². The monoisotopic (exact) mass is 296 g/mol. The van der Waals surface area contributed by atoms with E-state index in [1.165, 1.54) is 0 Å². The van der Waals surface area contributed by atoms with Crippen molar-refractivity contribution in [2.24, 2.45) is 0 Å². The van der Waals surface area contributed by atoms with Gasteiger partial charge in [-0.05, 0) is 17.5 Å². The van der Waals surface area contributed by atoms with E-state index in [9.17, 15) is 9.59 Å². The topological polar surface area (TPSA) is 58.2 Å². The first kappa shape index (κ1) is 15.8. The summed E-state index contributed by atoms with van der Waals surface area (Å²) in [4.78, 5) is 23.9. The lowest BCUT2D eigenvalue weighted by atomic mass is 10.0. The van der Waals surface area contributed by atoms with Gasteiger partial charge in [0.2, 0.25) is 0 Å². The van der Waals surface area contributed by atoms with E-state index >= 15 is 0 Å². The van der Waals surface area contributed by atoms with E-state index < -0.39 is 11.8 Å². The Morgan fingerprint density at radius 3 is 2.09 bits per heavy atom. The first-order chi connectivity index (χ1) is 10.7. The van der Waals surface area contributed by atoms with E-state index in [1.54, 1.807) is 0 Å². The largest absolute Gasteiger partial charge is 0.344 e. The van der Waals surface area contributed by atoms with Crippen LogP contribution in [0.3, 0.4) is 0 Å². The molecule has 2 N–H and O–H groups in total. The van der Waals surface area contributed by atoms with Crippen LogP contribution in [0.1, 0.15) is 30.5 Å². The van der Waals surface area contributed by atoms with Crippen LogP contribution in [0.15, 0.2) is 60.7 Å². The van der Waals surface area contributed by atoms with Crippen LogP contribution < -0.4 is 10.6 Å². The van der Waals surface area contributed by atoms with Gasteiger partial charge in [-0.2, -0.15) is 0 Å². The Morgan fingerprint density at radius 2 is 1.50 bits per heavy atom. The highest BCUT2D eigenvalue weighted by Crippen LogP contribution is 2.15. The van der Waals surface area contributed by atoms with Gasteiger partial charge >= 0.3 is 11.8 Å². The minimum absolute atomic E-state index is 0.156. The maximum atomic E-state index is 12.0. The summed E-state index contributed by atoms with van der Waals surface area (Å²) in [7, 11) is 0. The van der Waals surface area contributed by atoms with Crippen molar-refractivity contribution in [1.29, 1.82) is 0 Å². The molecule has 0 fully saturated rings. The van der Waals surface area contributed by atoms with Gasteiger partial charge in [-0.15, -0.1) is 0 Å². The Morgan fingerprint density at radius 1 is 0.909 bits per heavy atom. The number of benzene rings is 2. The van der Waals surface area contributed by atoms with Gasteiger partial charge in [0, 0.05) is 6.54 Å². The molecule has 4 heteroatoms. The molecule has 2 amide bonds. The lowest BCUT2D eigenvalue weighted by Crippen LogP contribution is -2.41. The molecule has 114 valence electrons. The van der Waals surface area contributed by atoms with Gasteiger partial charge in [0.1, 0.15) is 0 Å². The highest BCUT2D eigenvalue weighted by atomic mass is 16.2. The molecule has 0 aliphatic carbocycles. The van der Waals surface area contributed by atoms with Gasteiger partial charge in [0.25, 0.3) is 0 Å². The second-order valence-corrected chi connectivity index (χ2v) is 5.01. The standard InChI is InChI=1S/C18H20N2O2/c1-2-16(15-11-7-4-8-12-15)20-18(22)17(21)19-13-14-9-5-3-6-10-14/h3-12,16H,2,13H2,1H3,(H,19,21)(H,20,22)/t16-/m0/s1. The molecule has 0 saturated heterocycles. The lowest BCUT2D eigenvalue weighted by molar-refractivity contribution is -0.139. The third-order valence-electron chi connectivity index (χ3n) is 3.42. The summed E-state index contributed by atoms with van der Waals surface area (Å²) < 4.78 is 0. The average Bonchev–Trinajstić information content (AvgIpc) is 2.59. The highest BCUT2D eigenvalue weighted by molar-refractivity contribution is 6.35. The summed E-state index contributed by atoms with van der Waals surface area (Å²) in [6, 6.07) is 19.0. The highest BCUT2D eigenvalue weighted by Gasteiger charge is 2.18. The first-order valence-corrected chi connectivity index (χ1v) is 7.38. The normalized spacial score (nSPS) is 11.5. The van der Waals surface area contributed by atoms with Gasteiger partial charge in [-0.3, -0.25) is 9.59 Å². The zero-order valence-electron chi connectivity index (χ0n) is 12.6. The molecule has 0 unspecified atom stereocenters. The van der Waals surface area contributed by atoms with E-state index in [0.29, 0.717) is 6.54 Å². The van der Waals surface area contributed by atoms with Crippen molar-refractivity contribution in [1.82, 2.24) is 10.6 Å². The predicted molar refractivity (Wildman–Crippen MR) is 85.9 cm³/mol. The van der Waals surface area contributed by atoms with E-state index in [-0.39, 0.29) is 6.04 Å². The molecule has 22 heavy (non-hydrogen) atoms. The number of nitrogens with one attached hydrogen (secondary N) is 2. The van der Waals surface area contributed by atoms with Gasteiger partial charge < -0.3 is 10.6 Å². The molecular formula is C18H20N2O2. The van der Waals surface area contributed by atoms with Crippen LogP contribution in [0.25, 0.3) is 0 Å². The molecule has 2 rings (SSSR count).